The maximum atomic E-state index is 13.2. The predicted molar refractivity (Wildman–Crippen MR) is 88.7 cm³/mol. The van der Waals surface area contributed by atoms with Crippen LogP contribution in [0.2, 0.25) is 0 Å². The highest BCUT2D eigenvalue weighted by Gasteiger charge is 2.26. The topological polar surface area (TPSA) is 66.5 Å². The highest BCUT2D eigenvalue weighted by atomic mass is 32.2. The third kappa shape index (κ3) is 3.69. The number of benzene rings is 2. The first kappa shape index (κ1) is 17.5. The number of hydrogen-bond donors (Lipinski definition) is 1. The van der Waals surface area contributed by atoms with E-state index in [4.69, 9.17) is 0 Å². The molecule has 0 spiro atoms. The van der Waals surface area contributed by atoms with Gasteiger partial charge in [-0.05, 0) is 55.3 Å². The molecule has 0 aliphatic carbocycles. The molecule has 3 rings (SSSR count). The van der Waals surface area contributed by atoms with Crippen molar-refractivity contribution in [1.82, 2.24) is 4.31 Å². The SMILES string of the molecule is O=C(Nc1ccc(S(=O)(=O)N2CCCC2)cc1)c1ccc(F)c(F)c1. The van der Waals surface area contributed by atoms with Crippen LogP contribution in [0, 0.1) is 11.6 Å². The molecule has 0 radical (unpaired) electrons. The molecule has 1 saturated heterocycles. The second-order valence-electron chi connectivity index (χ2n) is 5.72. The Morgan fingerprint density at radius 3 is 2.20 bits per heavy atom. The minimum Gasteiger partial charge on any atom is -0.322 e. The molecule has 0 aromatic heterocycles. The Kier molecular flexibility index (Phi) is 4.82. The van der Waals surface area contributed by atoms with Crippen LogP contribution in [-0.2, 0) is 10.0 Å². The van der Waals surface area contributed by atoms with Gasteiger partial charge in [0.2, 0.25) is 10.0 Å². The smallest absolute Gasteiger partial charge is 0.255 e. The van der Waals surface area contributed by atoms with E-state index in [1.165, 1.54) is 34.6 Å². The van der Waals surface area contributed by atoms with Crippen LogP contribution in [0.25, 0.3) is 0 Å². The van der Waals surface area contributed by atoms with E-state index in [9.17, 15) is 22.0 Å². The Hall–Kier alpha value is -2.32. The van der Waals surface area contributed by atoms with Gasteiger partial charge in [-0.15, -0.1) is 0 Å². The Balaban J connectivity index is 1.74. The highest BCUT2D eigenvalue weighted by Crippen LogP contribution is 2.22. The molecular weight excluding hydrogens is 350 g/mol. The van der Waals surface area contributed by atoms with Gasteiger partial charge in [0.1, 0.15) is 0 Å². The first-order valence-electron chi connectivity index (χ1n) is 7.74. The lowest BCUT2D eigenvalue weighted by molar-refractivity contribution is 0.102. The summed E-state index contributed by atoms with van der Waals surface area (Å²) in [6.45, 7) is 1.02. The summed E-state index contributed by atoms with van der Waals surface area (Å²) >= 11 is 0. The normalized spacial score (nSPS) is 15.3. The average molecular weight is 366 g/mol. The van der Waals surface area contributed by atoms with Crippen molar-refractivity contribution in [3.8, 4) is 0 Å². The molecule has 8 heteroatoms. The van der Waals surface area contributed by atoms with Gasteiger partial charge in [-0.3, -0.25) is 4.79 Å². The number of carbonyl (C=O) groups excluding carboxylic acids is 1. The second kappa shape index (κ2) is 6.89. The van der Waals surface area contributed by atoms with Gasteiger partial charge >= 0.3 is 0 Å². The molecule has 2 aromatic carbocycles. The van der Waals surface area contributed by atoms with Crippen molar-refractivity contribution in [1.29, 1.82) is 0 Å². The molecule has 0 unspecified atom stereocenters. The van der Waals surface area contributed by atoms with Gasteiger partial charge in [-0.2, -0.15) is 4.31 Å². The van der Waals surface area contributed by atoms with E-state index < -0.39 is 27.6 Å². The van der Waals surface area contributed by atoms with Gasteiger partial charge in [0.25, 0.3) is 5.91 Å². The zero-order valence-corrected chi connectivity index (χ0v) is 14.0. The summed E-state index contributed by atoms with van der Waals surface area (Å²) in [5, 5.41) is 2.52. The number of amides is 1. The van der Waals surface area contributed by atoms with Crippen LogP contribution >= 0.6 is 0 Å². The molecule has 1 fully saturated rings. The third-order valence-electron chi connectivity index (χ3n) is 4.00. The molecule has 1 aliphatic heterocycles. The number of carbonyl (C=O) groups is 1. The second-order valence-corrected chi connectivity index (χ2v) is 7.66. The lowest BCUT2D eigenvalue weighted by atomic mass is 10.2. The maximum absolute atomic E-state index is 13.2. The van der Waals surface area contributed by atoms with E-state index in [0.717, 1.165) is 25.0 Å². The quantitative estimate of drug-likeness (QED) is 0.905. The fraction of sp³-hybridized carbons (Fsp3) is 0.235. The summed E-state index contributed by atoms with van der Waals surface area (Å²) in [4.78, 5) is 12.2. The first-order chi connectivity index (χ1) is 11.9. The number of halogens is 2. The molecular formula is C17H16F2N2O3S. The van der Waals surface area contributed by atoms with E-state index >= 15 is 0 Å². The van der Waals surface area contributed by atoms with Gasteiger partial charge in [0.15, 0.2) is 11.6 Å². The van der Waals surface area contributed by atoms with Crippen LogP contribution in [0.4, 0.5) is 14.5 Å². The molecule has 1 heterocycles. The molecule has 25 heavy (non-hydrogen) atoms. The van der Waals surface area contributed by atoms with E-state index in [2.05, 4.69) is 5.32 Å². The molecule has 0 atom stereocenters. The van der Waals surface area contributed by atoms with E-state index in [0.29, 0.717) is 18.8 Å². The summed E-state index contributed by atoms with van der Waals surface area (Å²) in [6, 6.07) is 8.58. The number of nitrogens with zero attached hydrogens (tertiary/aromatic N) is 1. The largest absolute Gasteiger partial charge is 0.322 e. The van der Waals surface area contributed by atoms with E-state index in [1.54, 1.807) is 0 Å². The Bertz CT molecular complexity index is 893. The zero-order chi connectivity index (χ0) is 18.0. The lowest BCUT2D eigenvalue weighted by Gasteiger charge is -2.15. The molecule has 0 bridgehead atoms. The minimum atomic E-state index is -3.52. The van der Waals surface area contributed by atoms with E-state index in [1.807, 2.05) is 0 Å². The molecule has 1 N–H and O–H groups in total. The Labute approximate surface area is 144 Å². The van der Waals surface area contributed by atoms with Crippen molar-refractivity contribution in [2.24, 2.45) is 0 Å². The van der Waals surface area contributed by atoms with Crippen molar-refractivity contribution in [3.05, 3.63) is 59.7 Å². The fourth-order valence-corrected chi connectivity index (χ4v) is 4.15. The van der Waals surface area contributed by atoms with Gasteiger partial charge in [0, 0.05) is 24.3 Å². The summed E-state index contributed by atoms with van der Waals surface area (Å²) < 4.78 is 52.4. The summed E-state index contributed by atoms with van der Waals surface area (Å²) in [5.74, 6) is -2.76. The van der Waals surface area contributed by atoms with Crippen LogP contribution in [0.5, 0.6) is 0 Å². The number of nitrogens with one attached hydrogen (secondary N) is 1. The summed E-state index contributed by atoms with van der Waals surface area (Å²) in [6.07, 6.45) is 1.70. The van der Waals surface area contributed by atoms with Crippen LogP contribution in [0.3, 0.4) is 0 Å². The third-order valence-corrected chi connectivity index (χ3v) is 5.91. The summed E-state index contributed by atoms with van der Waals surface area (Å²) in [5.41, 5.74) is 0.322. The fourth-order valence-electron chi connectivity index (χ4n) is 2.63. The Morgan fingerprint density at radius 2 is 1.60 bits per heavy atom. The zero-order valence-electron chi connectivity index (χ0n) is 13.2. The molecule has 5 nitrogen and oxygen atoms in total. The molecule has 1 aliphatic rings. The van der Waals surface area contributed by atoms with Gasteiger partial charge in [-0.25, -0.2) is 17.2 Å². The maximum Gasteiger partial charge on any atom is 0.255 e. The van der Waals surface area contributed by atoms with Gasteiger partial charge in [-0.1, -0.05) is 0 Å². The number of rotatable bonds is 4. The number of anilines is 1. The first-order valence-corrected chi connectivity index (χ1v) is 9.18. The lowest BCUT2D eigenvalue weighted by Crippen LogP contribution is -2.27. The Morgan fingerprint density at radius 1 is 0.960 bits per heavy atom. The van der Waals surface area contributed by atoms with Gasteiger partial charge in [0.05, 0.1) is 4.90 Å². The van der Waals surface area contributed by atoms with Crippen molar-refractivity contribution in [2.45, 2.75) is 17.7 Å². The van der Waals surface area contributed by atoms with Crippen LogP contribution in [-0.4, -0.2) is 31.7 Å². The van der Waals surface area contributed by atoms with Crippen molar-refractivity contribution < 1.29 is 22.0 Å². The standard InChI is InChI=1S/C17H16F2N2O3S/c18-15-8-3-12(11-16(15)19)17(22)20-13-4-6-14(7-5-13)25(23,24)21-9-1-2-10-21/h3-8,11H,1-2,9-10H2,(H,20,22). The van der Waals surface area contributed by atoms with Crippen molar-refractivity contribution >= 4 is 21.6 Å². The van der Waals surface area contributed by atoms with Gasteiger partial charge < -0.3 is 5.32 Å². The van der Waals surface area contributed by atoms with E-state index in [-0.39, 0.29) is 10.5 Å². The number of hydrogen-bond acceptors (Lipinski definition) is 3. The van der Waals surface area contributed by atoms with Crippen LogP contribution in [0.15, 0.2) is 47.4 Å². The van der Waals surface area contributed by atoms with Crippen LogP contribution in [0.1, 0.15) is 23.2 Å². The monoisotopic (exact) mass is 366 g/mol. The molecule has 0 saturated carbocycles. The molecule has 132 valence electrons. The minimum absolute atomic E-state index is 0.0346. The van der Waals surface area contributed by atoms with Crippen LogP contribution < -0.4 is 5.32 Å². The molecule has 1 amide bonds. The summed E-state index contributed by atoms with van der Waals surface area (Å²) in [7, 11) is -3.52. The highest BCUT2D eigenvalue weighted by molar-refractivity contribution is 7.89. The predicted octanol–water partition coefficient (Wildman–Crippen LogP) is 3.00. The van der Waals surface area contributed by atoms with Crippen molar-refractivity contribution in [2.75, 3.05) is 18.4 Å². The average Bonchev–Trinajstić information content (AvgIpc) is 3.13. The molecule has 2 aromatic rings. The number of sulfonamides is 1. The van der Waals surface area contributed by atoms with Crippen molar-refractivity contribution in [3.63, 3.8) is 0 Å².